The number of aromatic nitrogens is 1. The van der Waals surface area contributed by atoms with Gasteiger partial charge in [-0.15, -0.1) is 0 Å². The largest absolute Gasteiger partial charge is 0.261 e. The van der Waals surface area contributed by atoms with Gasteiger partial charge < -0.3 is 0 Å². The van der Waals surface area contributed by atoms with E-state index in [1.165, 1.54) is 6.07 Å². The molecule has 0 N–H and O–H groups in total. The van der Waals surface area contributed by atoms with Gasteiger partial charge in [0.05, 0.1) is 0 Å². The van der Waals surface area contributed by atoms with Gasteiger partial charge in [0.15, 0.2) is 0 Å². The third-order valence-corrected chi connectivity index (χ3v) is 2.39. The highest BCUT2D eigenvalue weighted by Crippen LogP contribution is 2.02. The van der Waals surface area contributed by atoms with Crippen molar-refractivity contribution in [3.63, 3.8) is 0 Å². The summed E-state index contributed by atoms with van der Waals surface area (Å²) in [5.74, 6) is -0.144. The summed E-state index contributed by atoms with van der Waals surface area (Å²) in [6.45, 7) is 8.11. The Labute approximate surface area is 116 Å². The van der Waals surface area contributed by atoms with Crippen LogP contribution in [0.2, 0.25) is 0 Å². The summed E-state index contributed by atoms with van der Waals surface area (Å²) in [5, 5.41) is 0. The van der Waals surface area contributed by atoms with Crippen LogP contribution in [0.4, 0.5) is 4.39 Å². The summed E-state index contributed by atoms with van der Waals surface area (Å²) in [4.78, 5) is 4.10. The lowest BCUT2D eigenvalue weighted by Crippen LogP contribution is -1.81. The average Bonchev–Trinajstić information content (AvgIpc) is 2.50. The van der Waals surface area contributed by atoms with Crippen LogP contribution < -0.4 is 0 Å². The molecule has 0 amide bonds. The topological polar surface area (TPSA) is 12.9 Å². The van der Waals surface area contributed by atoms with Crippen molar-refractivity contribution in [3.8, 4) is 0 Å². The minimum absolute atomic E-state index is 0.144. The Morgan fingerprint density at radius 3 is 2.05 bits per heavy atom. The Morgan fingerprint density at radius 2 is 1.68 bits per heavy atom. The smallest absolute Gasteiger partial charge is 0.123 e. The second kappa shape index (κ2) is 11.4. The minimum Gasteiger partial charge on any atom is -0.261 e. The van der Waals surface area contributed by atoms with Crippen molar-refractivity contribution in [3.05, 3.63) is 65.7 Å². The van der Waals surface area contributed by atoms with Crippen LogP contribution in [0.5, 0.6) is 0 Å². The predicted molar refractivity (Wildman–Crippen MR) is 80.7 cm³/mol. The molecule has 19 heavy (non-hydrogen) atoms. The number of benzene rings is 1. The number of halogens is 1. The standard InChI is InChI=1S/C8H9F.C7H9N.C2H6/c1-2-7-4-3-5-8(9)6-7;1-2-7-5-3-4-6-8-7;1-2/h3-6H,2H2,1H3;3-6H,2H2,1H3;1-2H3. The van der Waals surface area contributed by atoms with E-state index < -0.39 is 0 Å². The van der Waals surface area contributed by atoms with Gasteiger partial charge in [-0.05, 0) is 42.7 Å². The summed E-state index contributed by atoms with van der Waals surface area (Å²) in [7, 11) is 0. The van der Waals surface area contributed by atoms with Crippen LogP contribution in [-0.2, 0) is 12.8 Å². The molecule has 0 fully saturated rings. The molecule has 0 saturated heterocycles. The number of hydrogen-bond donors (Lipinski definition) is 0. The highest BCUT2D eigenvalue weighted by Gasteiger charge is 1.89. The lowest BCUT2D eigenvalue weighted by molar-refractivity contribution is 0.625. The van der Waals surface area contributed by atoms with Crippen LogP contribution in [0.3, 0.4) is 0 Å². The first-order valence-electron chi connectivity index (χ1n) is 6.90. The first-order chi connectivity index (χ1) is 9.26. The van der Waals surface area contributed by atoms with Crippen molar-refractivity contribution in [1.29, 1.82) is 0 Å². The van der Waals surface area contributed by atoms with E-state index in [4.69, 9.17) is 0 Å². The molecule has 2 rings (SSSR count). The minimum atomic E-state index is -0.144. The molecule has 0 aliphatic carbocycles. The van der Waals surface area contributed by atoms with E-state index in [0.717, 1.165) is 24.1 Å². The van der Waals surface area contributed by atoms with Crippen LogP contribution in [0.1, 0.15) is 39.0 Å². The van der Waals surface area contributed by atoms with E-state index in [9.17, 15) is 4.39 Å². The van der Waals surface area contributed by atoms with Crippen molar-refractivity contribution in [1.82, 2.24) is 4.98 Å². The maximum absolute atomic E-state index is 12.4. The average molecular weight is 261 g/mol. The molecule has 1 aromatic carbocycles. The number of nitrogens with zero attached hydrogens (tertiary/aromatic N) is 1. The molecule has 2 aromatic rings. The molecule has 0 bridgehead atoms. The van der Waals surface area contributed by atoms with Crippen LogP contribution >= 0.6 is 0 Å². The summed E-state index contributed by atoms with van der Waals surface area (Å²) in [6.07, 6.45) is 3.75. The van der Waals surface area contributed by atoms with Crippen LogP contribution in [0.25, 0.3) is 0 Å². The van der Waals surface area contributed by atoms with Crippen LogP contribution in [-0.4, -0.2) is 4.98 Å². The molecule has 1 nitrogen and oxygen atoms in total. The van der Waals surface area contributed by atoms with Gasteiger partial charge in [-0.2, -0.15) is 0 Å². The monoisotopic (exact) mass is 261 g/mol. The molecule has 0 spiro atoms. The zero-order valence-electron chi connectivity index (χ0n) is 12.4. The summed E-state index contributed by atoms with van der Waals surface area (Å²) < 4.78 is 12.4. The quantitative estimate of drug-likeness (QED) is 0.736. The number of aryl methyl sites for hydroxylation is 2. The van der Waals surface area contributed by atoms with Gasteiger partial charge in [0, 0.05) is 11.9 Å². The molecule has 0 atom stereocenters. The number of rotatable bonds is 2. The van der Waals surface area contributed by atoms with Crippen LogP contribution in [0, 0.1) is 5.82 Å². The maximum Gasteiger partial charge on any atom is 0.123 e. The van der Waals surface area contributed by atoms with E-state index in [-0.39, 0.29) is 5.82 Å². The fourth-order valence-electron chi connectivity index (χ4n) is 1.36. The van der Waals surface area contributed by atoms with Gasteiger partial charge in [0.25, 0.3) is 0 Å². The summed E-state index contributed by atoms with van der Waals surface area (Å²) >= 11 is 0. The number of hydrogen-bond acceptors (Lipinski definition) is 1. The summed E-state index contributed by atoms with van der Waals surface area (Å²) in [5.41, 5.74) is 2.21. The van der Waals surface area contributed by atoms with Gasteiger partial charge in [0.2, 0.25) is 0 Å². The molecule has 1 aromatic heterocycles. The third-order valence-electron chi connectivity index (χ3n) is 2.39. The molecule has 0 unspecified atom stereocenters. The van der Waals surface area contributed by atoms with Crippen molar-refractivity contribution in [2.75, 3.05) is 0 Å². The molecular formula is C17H24FN. The van der Waals surface area contributed by atoms with Gasteiger partial charge >= 0.3 is 0 Å². The Hall–Kier alpha value is -1.70. The SMILES string of the molecule is CC.CCc1cccc(F)c1.CCc1ccccn1. The third kappa shape index (κ3) is 8.09. The Bertz CT molecular complexity index is 426. The highest BCUT2D eigenvalue weighted by molar-refractivity contribution is 5.15. The molecule has 2 heteroatoms. The molecule has 0 aliphatic rings. The molecule has 1 heterocycles. The van der Waals surface area contributed by atoms with Crippen molar-refractivity contribution >= 4 is 0 Å². The van der Waals surface area contributed by atoms with Crippen molar-refractivity contribution in [2.45, 2.75) is 40.5 Å². The second-order valence-corrected chi connectivity index (χ2v) is 3.66. The fourth-order valence-corrected chi connectivity index (χ4v) is 1.36. The van der Waals surface area contributed by atoms with Crippen LogP contribution in [0.15, 0.2) is 48.7 Å². The molecule has 0 radical (unpaired) electrons. The van der Waals surface area contributed by atoms with Crippen molar-refractivity contribution in [2.24, 2.45) is 0 Å². The lowest BCUT2D eigenvalue weighted by Gasteiger charge is -1.92. The Morgan fingerprint density at radius 1 is 0.947 bits per heavy atom. The van der Waals surface area contributed by atoms with E-state index in [1.807, 2.05) is 51.2 Å². The van der Waals surface area contributed by atoms with Gasteiger partial charge in [-0.3, -0.25) is 4.98 Å². The van der Waals surface area contributed by atoms with Crippen molar-refractivity contribution < 1.29 is 4.39 Å². The Balaban J connectivity index is 0.000000303. The maximum atomic E-state index is 12.4. The lowest BCUT2D eigenvalue weighted by atomic mass is 10.2. The summed E-state index contributed by atoms with van der Waals surface area (Å²) in [6, 6.07) is 12.6. The molecule has 104 valence electrons. The van der Waals surface area contributed by atoms with Gasteiger partial charge in [-0.1, -0.05) is 45.9 Å². The first-order valence-corrected chi connectivity index (χ1v) is 6.90. The van der Waals surface area contributed by atoms with E-state index in [0.29, 0.717) is 0 Å². The van der Waals surface area contributed by atoms with E-state index in [2.05, 4.69) is 11.9 Å². The molecular weight excluding hydrogens is 237 g/mol. The van der Waals surface area contributed by atoms with Gasteiger partial charge in [0.1, 0.15) is 5.82 Å². The van der Waals surface area contributed by atoms with E-state index in [1.54, 1.807) is 12.1 Å². The number of pyridine rings is 1. The normalized spacial score (nSPS) is 8.68. The molecule has 0 saturated carbocycles. The zero-order valence-corrected chi connectivity index (χ0v) is 12.4. The first kappa shape index (κ1) is 17.3. The van der Waals surface area contributed by atoms with Gasteiger partial charge in [-0.25, -0.2) is 4.39 Å². The Kier molecular flexibility index (Phi) is 10.4. The second-order valence-electron chi connectivity index (χ2n) is 3.66. The zero-order chi connectivity index (χ0) is 14.5. The predicted octanol–water partition coefficient (Wildman–Crippen LogP) is 5.06. The van der Waals surface area contributed by atoms with E-state index >= 15 is 0 Å². The highest BCUT2D eigenvalue weighted by atomic mass is 19.1. The molecule has 0 aliphatic heterocycles. The fraction of sp³-hybridized carbons (Fsp3) is 0.353.